The first-order chi connectivity index (χ1) is 15.8. The molecule has 1 amide bonds. The van der Waals surface area contributed by atoms with Crippen LogP contribution in [0.2, 0.25) is 5.02 Å². The molecule has 0 aliphatic rings. The van der Waals surface area contributed by atoms with Gasteiger partial charge in [0.1, 0.15) is 5.82 Å². The summed E-state index contributed by atoms with van der Waals surface area (Å²) < 4.78 is 14.8. The standard InChI is InChI=1S/C25H21ClFN3O2S/c1-15(2)17-7-4-6-10-22(17)30-24(32)18-8-3-5-9-20(18)29-25(30)33-14-23(31)28-21-12-11-16(27)13-19(21)26/h3-13,15H,14H2,1-2H3,(H,28,31). The van der Waals surface area contributed by atoms with Gasteiger partial charge in [0.05, 0.1) is 33.1 Å². The van der Waals surface area contributed by atoms with Gasteiger partial charge in [-0.15, -0.1) is 0 Å². The van der Waals surface area contributed by atoms with Crippen molar-refractivity contribution in [3.63, 3.8) is 0 Å². The number of halogens is 2. The highest BCUT2D eigenvalue weighted by molar-refractivity contribution is 7.99. The lowest BCUT2D eigenvalue weighted by atomic mass is 10.0. The molecule has 0 spiro atoms. The van der Waals surface area contributed by atoms with Crippen LogP contribution in [-0.2, 0) is 4.79 Å². The molecule has 0 bridgehead atoms. The number of para-hydroxylation sites is 2. The average molecular weight is 482 g/mol. The molecule has 0 radical (unpaired) electrons. The molecule has 1 aromatic heterocycles. The van der Waals surface area contributed by atoms with Crippen LogP contribution >= 0.6 is 23.4 Å². The van der Waals surface area contributed by atoms with Crippen molar-refractivity contribution >= 4 is 45.9 Å². The number of amides is 1. The monoisotopic (exact) mass is 481 g/mol. The lowest BCUT2D eigenvalue weighted by molar-refractivity contribution is -0.113. The Morgan fingerprint density at radius 3 is 2.61 bits per heavy atom. The number of hydrogen-bond donors (Lipinski definition) is 1. The van der Waals surface area contributed by atoms with Gasteiger partial charge in [-0.2, -0.15) is 0 Å². The summed E-state index contributed by atoms with van der Waals surface area (Å²) >= 11 is 7.16. The number of anilines is 1. The van der Waals surface area contributed by atoms with Gasteiger partial charge >= 0.3 is 0 Å². The summed E-state index contributed by atoms with van der Waals surface area (Å²) in [7, 11) is 0. The van der Waals surface area contributed by atoms with Crippen LogP contribution < -0.4 is 10.9 Å². The van der Waals surface area contributed by atoms with Gasteiger partial charge in [-0.25, -0.2) is 9.37 Å². The summed E-state index contributed by atoms with van der Waals surface area (Å²) in [5.41, 5.74) is 2.42. The minimum atomic E-state index is -0.486. The van der Waals surface area contributed by atoms with E-state index in [-0.39, 0.29) is 28.2 Å². The molecule has 1 heterocycles. The molecule has 0 aliphatic heterocycles. The van der Waals surface area contributed by atoms with E-state index in [4.69, 9.17) is 16.6 Å². The fourth-order valence-electron chi connectivity index (χ4n) is 3.51. The van der Waals surface area contributed by atoms with Crippen LogP contribution in [-0.4, -0.2) is 21.2 Å². The molecule has 0 aliphatic carbocycles. The Kier molecular flexibility index (Phi) is 6.81. The first-order valence-electron chi connectivity index (χ1n) is 10.3. The van der Waals surface area contributed by atoms with E-state index >= 15 is 0 Å². The lowest BCUT2D eigenvalue weighted by Crippen LogP contribution is -2.24. The number of carbonyl (C=O) groups is 1. The first-order valence-corrected chi connectivity index (χ1v) is 11.7. The summed E-state index contributed by atoms with van der Waals surface area (Å²) in [5.74, 6) is -0.663. The Balaban J connectivity index is 1.72. The molecule has 0 fully saturated rings. The number of rotatable bonds is 6. The van der Waals surface area contributed by atoms with Crippen molar-refractivity contribution < 1.29 is 9.18 Å². The van der Waals surface area contributed by atoms with Gasteiger partial charge in [-0.1, -0.05) is 67.5 Å². The maximum atomic E-state index is 13.5. The number of fused-ring (bicyclic) bond motifs is 1. The summed E-state index contributed by atoms with van der Waals surface area (Å²) in [4.78, 5) is 30.8. The molecule has 5 nitrogen and oxygen atoms in total. The van der Waals surface area contributed by atoms with Gasteiger partial charge in [-0.3, -0.25) is 14.2 Å². The molecule has 168 valence electrons. The molecule has 1 N–H and O–H groups in total. The average Bonchev–Trinajstić information content (AvgIpc) is 2.79. The number of hydrogen-bond acceptors (Lipinski definition) is 4. The molecule has 0 saturated carbocycles. The minimum absolute atomic E-state index is 0.0116. The van der Waals surface area contributed by atoms with E-state index in [1.54, 1.807) is 22.8 Å². The van der Waals surface area contributed by atoms with Crippen LogP contribution in [0.25, 0.3) is 16.6 Å². The zero-order valence-electron chi connectivity index (χ0n) is 18.0. The maximum absolute atomic E-state index is 13.5. The van der Waals surface area contributed by atoms with Crippen LogP contribution in [0.4, 0.5) is 10.1 Å². The molecule has 33 heavy (non-hydrogen) atoms. The Morgan fingerprint density at radius 1 is 1.12 bits per heavy atom. The molecule has 0 saturated heterocycles. The first kappa shape index (κ1) is 23.0. The predicted molar refractivity (Wildman–Crippen MR) is 132 cm³/mol. The number of nitrogens with zero attached hydrogens (tertiary/aromatic N) is 2. The third-order valence-corrected chi connectivity index (χ3v) is 6.33. The van der Waals surface area contributed by atoms with Crippen LogP contribution in [0.15, 0.2) is 76.7 Å². The number of thioether (sulfide) groups is 1. The second-order valence-electron chi connectivity index (χ2n) is 7.73. The number of nitrogens with one attached hydrogen (secondary N) is 1. The Hall–Kier alpha value is -3.16. The van der Waals surface area contributed by atoms with Crippen molar-refractivity contribution in [3.05, 3.63) is 93.5 Å². The third-order valence-electron chi connectivity index (χ3n) is 5.08. The fourth-order valence-corrected chi connectivity index (χ4v) is 4.53. The zero-order chi connectivity index (χ0) is 23.5. The van der Waals surface area contributed by atoms with Crippen LogP contribution in [0.1, 0.15) is 25.3 Å². The Labute approximate surface area is 199 Å². The van der Waals surface area contributed by atoms with E-state index in [1.807, 2.05) is 30.3 Å². The van der Waals surface area contributed by atoms with E-state index in [9.17, 15) is 14.0 Å². The lowest BCUT2D eigenvalue weighted by Gasteiger charge is -2.18. The summed E-state index contributed by atoms with van der Waals surface area (Å²) in [5, 5.41) is 3.70. The number of carbonyl (C=O) groups excluding carboxylic acids is 1. The predicted octanol–water partition coefficient (Wildman–Crippen LogP) is 6.03. The summed E-state index contributed by atoms with van der Waals surface area (Å²) in [6.07, 6.45) is 0. The number of aromatic nitrogens is 2. The highest BCUT2D eigenvalue weighted by Gasteiger charge is 2.18. The van der Waals surface area contributed by atoms with Crippen LogP contribution in [0.3, 0.4) is 0 Å². The van der Waals surface area contributed by atoms with Crippen molar-refractivity contribution in [1.29, 1.82) is 0 Å². The fraction of sp³-hybridized carbons (Fsp3) is 0.160. The molecular formula is C25H21ClFN3O2S. The molecular weight excluding hydrogens is 461 g/mol. The van der Waals surface area contributed by atoms with E-state index in [0.717, 1.165) is 29.1 Å². The molecule has 0 unspecified atom stereocenters. The second-order valence-corrected chi connectivity index (χ2v) is 9.08. The van der Waals surface area contributed by atoms with E-state index in [0.29, 0.717) is 21.7 Å². The van der Waals surface area contributed by atoms with Crippen molar-refractivity contribution in [2.24, 2.45) is 0 Å². The number of benzene rings is 3. The highest BCUT2D eigenvalue weighted by atomic mass is 35.5. The second kappa shape index (κ2) is 9.77. The van der Waals surface area contributed by atoms with Crippen LogP contribution in [0.5, 0.6) is 0 Å². The zero-order valence-corrected chi connectivity index (χ0v) is 19.6. The van der Waals surface area contributed by atoms with Crippen molar-refractivity contribution in [2.45, 2.75) is 24.9 Å². The van der Waals surface area contributed by atoms with Gasteiger partial charge < -0.3 is 5.32 Å². The normalized spacial score (nSPS) is 11.2. The van der Waals surface area contributed by atoms with Gasteiger partial charge in [0.25, 0.3) is 5.56 Å². The Bertz CT molecular complexity index is 1400. The maximum Gasteiger partial charge on any atom is 0.266 e. The van der Waals surface area contributed by atoms with E-state index in [1.165, 1.54) is 12.1 Å². The van der Waals surface area contributed by atoms with E-state index in [2.05, 4.69) is 19.2 Å². The topological polar surface area (TPSA) is 64.0 Å². The minimum Gasteiger partial charge on any atom is -0.324 e. The highest BCUT2D eigenvalue weighted by Crippen LogP contribution is 2.28. The van der Waals surface area contributed by atoms with Gasteiger partial charge in [0.2, 0.25) is 5.91 Å². The quantitative estimate of drug-likeness (QED) is 0.269. The molecule has 3 aromatic carbocycles. The summed E-state index contributed by atoms with van der Waals surface area (Å²) in [6, 6.07) is 18.6. The SMILES string of the molecule is CC(C)c1ccccc1-n1c(SCC(=O)Nc2ccc(F)cc2Cl)nc2ccccc2c1=O. The van der Waals surface area contributed by atoms with E-state index < -0.39 is 5.82 Å². The third kappa shape index (κ3) is 4.94. The van der Waals surface area contributed by atoms with Crippen molar-refractivity contribution in [3.8, 4) is 5.69 Å². The van der Waals surface area contributed by atoms with Gasteiger partial charge in [-0.05, 0) is 47.9 Å². The largest absolute Gasteiger partial charge is 0.324 e. The van der Waals surface area contributed by atoms with Crippen molar-refractivity contribution in [2.75, 3.05) is 11.1 Å². The smallest absolute Gasteiger partial charge is 0.266 e. The summed E-state index contributed by atoms with van der Waals surface area (Å²) in [6.45, 7) is 4.12. The van der Waals surface area contributed by atoms with Crippen molar-refractivity contribution in [1.82, 2.24) is 9.55 Å². The van der Waals surface area contributed by atoms with Gasteiger partial charge in [0.15, 0.2) is 5.16 Å². The molecule has 0 atom stereocenters. The molecule has 4 rings (SSSR count). The molecule has 4 aromatic rings. The Morgan fingerprint density at radius 2 is 1.85 bits per heavy atom. The van der Waals surface area contributed by atoms with Gasteiger partial charge in [0, 0.05) is 0 Å². The molecule has 8 heteroatoms. The van der Waals surface area contributed by atoms with Crippen LogP contribution in [0, 0.1) is 5.82 Å².